The summed E-state index contributed by atoms with van der Waals surface area (Å²) in [6.07, 6.45) is 11.6. The van der Waals surface area contributed by atoms with Crippen LogP contribution in [-0.4, -0.2) is 35.9 Å². The molecule has 0 aromatic heterocycles. The third-order valence-electron chi connectivity index (χ3n) is 4.46. The fourth-order valence-corrected chi connectivity index (χ4v) is 2.91. The molecule has 124 valence electrons. The van der Waals surface area contributed by atoms with Gasteiger partial charge in [0.15, 0.2) is 0 Å². The van der Waals surface area contributed by atoms with Gasteiger partial charge in [0.2, 0.25) is 0 Å². The van der Waals surface area contributed by atoms with Crippen LogP contribution in [0.25, 0.3) is 0 Å². The fraction of sp³-hybridized carbons (Fsp3) is 0.941. The zero-order valence-corrected chi connectivity index (χ0v) is 13.8. The number of carboxylic acids is 1. The van der Waals surface area contributed by atoms with Gasteiger partial charge in [0.25, 0.3) is 0 Å². The van der Waals surface area contributed by atoms with Crippen molar-refractivity contribution in [1.29, 1.82) is 0 Å². The van der Waals surface area contributed by atoms with Gasteiger partial charge in [-0.05, 0) is 52.0 Å². The molecule has 1 aliphatic rings. The van der Waals surface area contributed by atoms with Gasteiger partial charge in [-0.3, -0.25) is 4.79 Å². The van der Waals surface area contributed by atoms with Crippen molar-refractivity contribution in [2.45, 2.75) is 89.7 Å². The predicted molar refractivity (Wildman–Crippen MR) is 85.6 cm³/mol. The van der Waals surface area contributed by atoms with E-state index in [1.165, 1.54) is 38.5 Å². The van der Waals surface area contributed by atoms with Gasteiger partial charge in [0.1, 0.15) is 5.54 Å². The molecule has 1 fully saturated rings. The summed E-state index contributed by atoms with van der Waals surface area (Å²) < 4.78 is 5.95. The largest absolute Gasteiger partial charge is 0.480 e. The van der Waals surface area contributed by atoms with Gasteiger partial charge in [0, 0.05) is 6.61 Å². The first-order chi connectivity index (χ1) is 10.1. The Hall–Kier alpha value is -0.610. The van der Waals surface area contributed by atoms with Crippen molar-refractivity contribution in [3.63, 3.8) is 0 Å². The Morgan fingerprint density at radius 1 is 1.24 bits per heavy atom. The first-order valence-electron chi connectivity index (χ1n) is 8.68. The number of ether oxygens (including phenoxy) is 1. The average molecular weight is 299 g/mol. The molecule has 0 aromatic carbocycles. The third kappa shape index (κ3) is 7.28. The molecule has 0 saturated heterocycles. The van der Waals surface area contributed by atoms with Gasteiger partial charge in [-0.2, -0.15) is 0 Å². The van der Waals surface area contributed by atoms with Crippen molar-refractivity contribution in [3.8, 4) is 0 Å². The quantitative estimate of drug-likeness (QED) is 0.476. The normalized spacial score (nSPS) is 19.9. The Balaban J connectivity index is 2.17. The fourth-order valence-electron chi connectivity index (χ4n) is 2.91. The number of unbranched alkanes of at least 4 members (excludes halogenated alkanes) is 1. The Kier molecular flexibility index (Phi) is 8.93. The van der Waals surface area contributed by atoms with Crippen molar-refractivity contribution in [3.05, 3.63) is 0 Å². The summed E-state index contributed by atoms with van der Waals surface area (Å²) in [5.41, 5.74) is -0.793. The van der Waals surface area contributed by atoms with Crippen LogP contribution in [-0.2, 0) is 9.53 Å². The Morgan fingerprint density at radius 2 is 1.90 bits per heavy atom. The van der Waals surface area contributed by atoms with Gasteiger partial charge < -0.3 is 15.2 Å². The van der Waals surface area contributed by atoms with Crippen molar-refractivity contribution in [2.75, 3.05) is 13.2 Å². The topological polar surface area (TPSA) is 58.6 Å². The molecule has 0 aliphatic heterocycles. The highest BCUT2D eigenvalue weighted by molar-refractivity contribution is 5.78. The van der Waals surface area contributed by atoms with Crippen LogP contribution >= 0.6 is 0 Å². The van der Waals surface area contributed by atoms with E-state index in [9.17, 15) is 9.90 Å². The highest BCUT2D eigenvalue weighted by atomic mass is 16.5. The zero-order chi connectivity index (χ0) is 15.6. The molecule has 0 radical (unpaired) electrons. The van der Waals surface area contributed by atoms with Gasteiger partial charge in [-0.1, -0.05) is 32.6 Å². The van der Waals surface area contributed by atoms with Gasteiger partial charge in [-0.25, -0.2) is 0 Å². The molecule has 1 rings (SSSR count). The maximum Gasteiger partial charge on any atom is 0.323 e. The zero-order valence-electron chi connectivity index (χ0n) is 13.8. The lowest BCUT2D eigenvalue weighted by Gasteiger charge is -2.26. The molecule has 1 atom stereocenters. The highest BCUT2D eigenvalue weighted by Crippen LogP contribution is 2.20. The number of hydrogen-bond donors (Lipinski definition) is 2. The number of aliphatic carboxylic acids is 1. The van der Waals surface area contributed by atoms with Crippen molar-refractivity contribution in [2.24, 2.45) is 0 Å². The molecule has 0 spiro atoms. The average Bonchev–Trinajstić information content (AvgIpc) is 2.73. The van der Waals surface area contributed by atoms with Crippen LogP contribution in [0.1, 0.15) is 78.1 Å². The number of rotatable bonds is 10. The molecule has 4 nitrogen and oxygen atoms in total. The molecule has 0 amide bonds. The van der Waals surface area contributed by atoms with Crippen LogP contribution in [0.3, 0.4) is 0 Å². The lowest BCUT2D eigenvalue weighted by atomic mass is 9.95. The van der Waals surface area contributed by atoms with E-state index in [0.29, 0.717) is 12.5 Å². The van der Waals surface area contributed by atoms with Crippen molar-refractivity contribution < 1.29 is 14.6 Å². The standard InChI is InChI=1S/C17H33NO3/c1-3-13-18-17(2,16(19)20)12-8-9-14-21-15-10-6-4-5-7-11-15/h15,18H,3-14H2,1-2H3,(H,19,20). The summed E-state index contributed by atoms with van der Waals surface area (Å²) >= 11 is 0. The molecule has 0 bridgehead atoms. The molecular formula is C17H33NO3. The van der Waals surface area contributed by atoms with E-state index >= 15 is 0 Å². The molecule has 0 aromatic rings. The maximum absolute atomic E-state index is 11.4. The van der Waals surface area contributed by atoms with Crippen LogP contribution in [0.5, 0.6) is 0 Å². The summed E-state index contributed by atoms with van der Waals surface area (Å²) in [5.74, 6) is -0.749. The maximum atomic E-state index is 11.4. The number of nitrogens with one attached hydrogen (secondary N) is 1. The molecule has 1 aliphatic carbocycles. The summed E-state index contributed by atoms with van der Waals surface area (Å²) in [6, 6.07) is 0. The lowest BCUT2D eigenvalue weighted by molar-refractivity contribution is -0.144. The van der Waals surface area contributed by atoms with E-state index in [-0.39, 0.29) is 0 Å². The molecule has 0 heterocycles. The first kappa shape index (κ1) is 18.4. The van der Waals surface area contributed by atoms with Crippen LogP contribution < -0.4 is 5.32 Å². The minimum Gasteiger partial charge on any atom is -0.480 e. The van der Waals surface area contributed by atoms with Crippen LogP contribution in [0.15, 0.2) is 0 Å². The SMILES string of the molecule is CCCNC(C)(CCCCOC1CCCCCC1)C(=O)O. The molecule has 2 N–H and O–H groups in total. The predicted octanol–water partition coefficient (Wildman–Crippen LogP) is 3.74. The minimum atomic E-state index is -0.793. The monoisotopic (exact) mass is 299 g/mol. The van der Waals surface area contributed by atoms with Crippen molar-refractivity contribution in [1.82, 2.24) is 5.32 Å². The van der Waals surface area contributed by atoms with E-state index in [1.807, 2.05) is 0 Å². The Labute approximate surface area is 129 Å². The highest BCUT2D eigenvalue weighted by Gasteiger charge is 2.31. The summed E-state index contributed by atoms with van der Waals surface area (Å²) in [6.45, 7) is 5.36. The van der Waals surface area contributed by atoms with E-state index < -0.39 is 11.5 Å². The van der Waals surface area contributed by atoms with E-state index in [4.69, 9.17) is 4.74 Å². The van der Waals surface area contributed by atoms with E-state index in [2.05, 4.69) is 12.2 Å². The molecule has 21 heavy (non-hydrogen) atoms. The Morgan fingerprint density at radius 3 is 2.48 bits per heavy atom. The number of carboxylic acid groups (broad SMARTS) is 1. The van der Waals surface area contributed by atoms with E-state index in [0.717, 1.165) is 32.4 Å². The Bertz CT molecular complexity index is 288. The first-order valence-corrected chi connectivity index (χ1v) is 8.68. The third-order valence-corrected chi connectivity index (χ3v) is 4.46. The number of carbonyl (C=O) groups is 1. The second kappa shape index (κ2) is 10.2. The summed E-state index contributed by atoms with van der Waals surface area (Å²) in [7, 11) is 0. The molecular weight excluding hydrogens is 266 g/mol. The van der Waals surface area contributed by atoms with Crippen LogP contribution in [0.2, 0.25) is 0 Å². The van der Waals surface area contributed by atoms with Gasteiger partial charge in [0.05, 0.1) is 6.10 Å². The molecule has 1 unspecified atom stereocenters. The number of hydrogen-bond acceptors (Lipinski definition) is 3. The lowest BCUT2D eigenvalue weighted by Crippen LogP contribution is -2.49. The summed E-state index contributed by atoms with van der Waals surface area (Å²) in [5, 5.41) is 12.5. The van der Waals surface area contributed by atoms with Gasteiger partial charge in [-0.15, -0.1) is 0 Å². The van der Waals surface area contributed by atoms with Gasteiger partial charge >= 0.3 is 5.97 Å². The smallest absolute Gasteiger partial charge is 0.323 e. The molecule has 4 heteroatoms. The second-order valence-corrected chi connectivity index (χ2v) is 6.51. The van der Waals surface area contributed by atoms with E-state index in [1.54, 1.807) is 6.92 Å². The minimum absolute atomic E-state index is 0.441. The summed E-state index contributed by atoms with van der Waals surface area (Å²) in [4.78, 5) is 11.4. The molecule has 1 saturated carbocycles. The van der Waals surface area contributed by atoms with Crippen molar-refractivity contribution >= 4 is 5.97 Å². The van der Waals surface area contributed by atoms with Crippen LogP contribution in [0.4, 0.5) is 0 Å². The second-order valence-electron chi connectivity index (χ2n) is 6.51. The van der Waals surface area contributed by atoms with Crippen LogP contribution in [0, 0.1) is 0 Å².